The zero-order chi connectivity index (χ0) is 9.68. The molecule has 1 atom stereocenters. The Balaban J connectivity index is 2.67. The maximum absolute atomic E-state index is 9.16. The van der Waals surface area contributed by atoms with Crippen molar-refractivity contribution in [3.05, 3.63) is 30.3 Å². The van der Waals surface area contributed by atoms with Gasteiger partial charge in [-0.15, -0.1) is 0 Å². The minimum atomic E-state index is -0.528. The molecule has 1 aromatic carbocycles. The monoisotopic (exact) mass is 180 g/mol. The van der Waals surface area contributed by atoms with E-state index in [-0.39, 0.29) is 0 Å². The van der Waals surface area contributed by atoms with Gasteiger partial charge in [0.1, 0.15) is 6.23 Å². The molecule has 0 radical (unpaired) electrons. The first-order chi connectivity index (χ1) is 6.24. The van der Waals surface area contributed by atoms with E-state index in [0.29, 0.717) is 0 Å². The van der Waals surface area contributed by atoms with Crippen LogP contribution in [0.3, 0.4) is 0 Å². The molecule has 0 aliphatic rings. The quantitative estimate of drug-likeness (QED) is 0.542. The molecule has 1 unspecified atom stereocenters. The highest BCUT2D eigenvalue weighted by Crippen LogP contribution is 2.10. The minimum Gasteiger partial charge on any atom is -0.377 e. The Morgan fingerprint density at radius 1 is 1.38 bits per heavy atom. The number of hydrogen-bond acceptors (Lipinski definition) is 3. The molecule has 0 saturated heterocycles. The third kappa shape index (κ3) is 3.05. The van der Waals surface area contributed by atoms with Crippen molar-refractivity contribution in [1.82, 2.24) is 5.43 Å². The van der Waals surface area contributed by atoms with Crippen molar-refractivity contribution >= 4 is 5.69 Å². The van der Waals surface area contributed by atoms with E-state index in [9.17, 15) is 0 Å². The third-order valence-electron chi connectivity index (χ3n) is 1.73. The molecule has 0 aliphatic carbocycles. The Labute approximate surface area is 79.0 Å². The average molecular weight is 180 g/mol. The number of hydrogen-bond donors (Lipinski definition) is 2. The first-order valence-electron chi connectivity index (χ1n) is 4.51. The van der Waals surface area contributed by atoms with Gasteiger partial charge in [-0.3, -0.25) is 0 Å². The molecule has 0 fully saturated rings. The lowest BCUT2D eigenvalue weighted by Gasteiger charge is -2.25. The number of anilines is 1. The predicted molar refractivity (Wildman–Crippen MR) is 54.3 cm³/mol. The highest BCUT2D eigenvalue weighted by molar-refractivity contribution is 5.44. The van der Waals surface area contributed by atoms with E-state index in [2.05, 4.69) is 5.43 Å². The van der Waals surface area contributed by atoms with Crippen molar-refractivity contribution in [3.63, 3.8) is 0 Å². The largest absolute Gasteiger partial charge is 0.377 e. The number of nitrogens with zero attached hydrogens (tertiary/aromatic N) is 1. The van der Waals surface area contributed by atoms with Crippen LogP contribution in [0, 0.1) is 0 Å². The van der Waals surface area contributed by atoms with Gasteiger partial charge >= 0.3 is 0 Å². The molecule has 1 rings (SSSR count). The molecule has 13 heavy (non-hydrogen) atoms. The molecule has 72 valence electrons. The van der Waals surface area contributed by atoms with Gasteiger partial charge in [0.05, 0.1) is 5.69 Å². The molecule has 0 saturated carbocycles. The lowest BCUT2D eigenvalue weighted by Crippen LogP contribution is -2.43. The Hall–Kier alpha value is -1.06. The van der Waals surface area contributed by atoms with Crippen molar-refractivity contribution in [2.75, 3.05) is 11.6 Å². The van der Waals surface area contributed by atoms with Crippen LogP contribution in [0.25, 0.3) is 0 Å². The molecule has 0 amide bonds. The Morgan fingerprint density at radius 2 is 2.00 bits per heavy atom. The van der Waals surface area contributed by atoms with Gasteiger partial charge in [0.2, 0.25) is 0 Å². The Bertz CT molecular complexity index is 236. The summed E-state index contributed by atoms with van der Waals surface area (Å²) >= 11 is 0. The van der Waals surface area contributed by atoms with Crippen LogP contribution in [0.4, 0.5) is 5.69 Å². The molecule has 1 aromatic rings. The first kappa shape index (κ1) is 10.0. The van der Waals surface area contributed by atoms with Crippen molar-refractivity contribution in [2.45, 2.75) is 20.1 Å². The summed E-state index contributed by atoms with van der Waals surface area (Å²) in [5, 5.41) is 11.1. The Kier molecular flexibility index (Phi) is 3.73. The minimum absolute atomic E-state index is 0.528. The molecular weight excluding hydrogens is 164 g/mol. The van der Waals surface area contributed by atoms with E-state index in [1.165, 1.54) is 0 Å². The van der Waals surface area contributed by atoms with Gasteiger partial charge < -0.3 is 10.1 Å². The number of para-hydroxylation sites is 1. The summed E-state index contributed by atoms with van der Waals surface area (Å²) in [6, 6.07) is 9.92. The van der Waals surface area contributed by atoms with Gasteiger partial charge in [-0.1, -0.05) is 18.2 Å². The molecule has 3 nitrogen and oxygen atoms in total. The molecule has 0 aromatic heterocycles. The van der Waals surface area contributed by atoms with Gasteiger partial charge in [0, 0.05) is 6.54 Å². The van der Waals surface area contributed by atoms with Crippen LogP contribution in [-0.2, 0) is 0 Å². The van der Waals surface area contributed by atoms with Gasteiger partial charge in [0.15, 0.2) is 0 Å². The van der Waals surface area contributed by atoms with Crippen molar-refractivity contribution in [2.24, 2.45) is 0 Å². The molecule has 2 N–H and O–H groups in total. The molecule has 3 heteroatoms. The lowest BCUT2D eigenvalue weighted by atomic mass is 10.3. The van der Waals surface area contributed by atoms with Crippen LogP contribution < -0.4 is 10.4 Å². The van der Waals surface area contributed by atoms with E-state index in [4.69, 9.17) is 5.11 Å². The van der Waals surface area contributed by atoms with Crippen molar-refractivity contribution in [3.8, 4) is 0 Å². The van der Waals surface area contributed by atoms with Gasteiger partial charge in [-0.2, -0.15) is 0 Å². The van der Waals surface area contributed by atoms with E-state index in [0.717, 1.165) is 12.2 Å². The summed E-state index contributed by atoms with van der Waals surface area (Å²) in [6.45, 7) is 4.54. The number of nitrogens with one attached hydrogen (secondary N) is 1. The fraction of sp³-hybridized carbons (Fsp3) is 0.400. The second kappa shape index (κ2) is 4.84. The number of aliphatic hydroxyl groups is 1. The van der Waals surface area contributed by atoms with E-state index in [1.807, 2.05) is 42.3 Å². The summed E-state index contributed by atoms with van der Waals surface area (Å²) in [5.74, 6) is 0. The highest BCUT2D eigenvalue weighted by Gasteiger charge is 2.04. The highest BCUT2D eigenvalue weighted by atomic mass is 16.3. The van der Waals surface area contributed by atoms with Crippen LogP contribution in [0.2, 0.25) is 0 Å². The topological polar surface area (TPSA) is 35.5 Å². The zero-order valence-corrected chi connectivity index (χ0v) is 8.07. The number of rotatable bonds is 4. The van der Waals surface area contributed by atoms with E-state index >= 15 is 0 Å². The Morgan fingerprint density at radius 3 is 2.46 bits per heavy atom. The van der Waals surface area contributed by atoms with Gasteiger partial charge in [-0.25, -0.2) is 5.43 Å². The smallest absolute Gasteiger partial charge is 0.118 e. The van der Waals surface area contributed by atoms with Crippen LogP contribution in [0.1, 0.15) is 13.8 Å². The average Bonchev–Trinajstić information content (AvgIpc) is 2.15. The van der Waals surface area contributed by atoms with Crippen LogP contribution >= 0.6 is 0 Å². The second-order valence-corrected chi connectivity index (χ2v) is 2.88. The fourth-order valence-electron chi connectivity index (χ4n) is 1.18. The van der Waals surface area contributed by atoms with E-state index in [1.54, 1.807) is 6.92 Å². The number of benzene rings is 1. The predicted octanol–water partition coefficient (Wildman–Crippen LogP) is 1.36. The van der Waals surface area contributed by atoms with Gasteiger partial charge in [-0.05, 0) is 26.0 Å². The maximum atomic E-state index is 9.16. The summed E-state index contributed by atoms with van der Waals surface area (Å²) < 4.78 is 0. The maximum Gasteiger partial charge on any atom is 0.118 e. The van der Waals surface area contributed by atoms with Gasteiger partial charge in [0.25, 0.3) is 0 Å². The van der Waals surface area contributed by atoms with Crippen molar-refractivity contribution < 1.29 is 5.11 Å². The van der Waals surface area contributed by atoms with E-state index < -0.39 is 6.23 Å². The summed E-state index contributed by atoms with van der Waals surface area (Å²) in [7, 11) is 0. The standard InChI is InChI=1S/C10H16N2O/c1-3-12(11-9(2)13)10-7-5-4-6-8-10/h4-9,11,13H,3H2,1-2H3. The zero-order valence-electron chi connectivity index (χ0n) is 8.07. The van der Waals surface area contributed by atoms with Crippen LogP contribution in [0.15, 0.2) is 30.3 Å². The third-order valence-corrected chi connectivity index (χ3v) is 1.73. The summed E-state index contributed by atoms with van der Waals surface area (Å²) in [4.78, 5) is 0. The molecular formula is C10H16N2O. The molecule has 0 spiro atoms. The summed E-state index contributed by atoms with van der Waals surface area (Å²) in [5.41, 5.74) is 4.00. The number of hydrazine groups is 1. The fourth-order valence-corrected chi connectivity index (χ4v) is 1.18. The normalized spacial score (nSPS) is 12.5. The van der Waals surface area contributed by atoms with Crippen molar-refractivity contribution in [1.29, 1.82) is 0 Å². The first-order valence-corrected chi connectivity index (χ1v) is 4.51. The lowest BCUT2D eigenvalue weighted by molar-refractivity contribution is 0.153. The number of aliphatic hydroxyl groups excluding tert-OH is 1. The molecule has 0 bridgehead atoms. The second-order valence-electron chi connectivity index (χ2n) is 2.88. The van der Waals surface area contributed by atoms with Crippen LogP contribution in [0.5, 0.6) is 0 Å². The van der Waals surface area contributed by atoms with Crippen LogP contribution in [-0.4, -0.2) is 17.9 Å². The molecule has 0 heterocycles. The molecule has 0 aliphatic heterocycles. The summed E-state index contributed by atoms with van der Waals surface area (Å²) in [6.07, 6.45) is -0.528. The SMILES string of the molecule is CCN(NC(C)O)c1ccccc1.